The molecule has 2 aromatic rings. The molecule has 0 amide bonds. The molecule has 0 bridgehead atoms. The zero-order valence-electron chi connectivity index (χ0n) is 10.9. The molecular formula is C13H14BrFN4O. The van der Waals surface area contributed by atoms with Crippen LogP contribution in [0.1, 0.15) is 13.3 Å². The van der Waals surface area contributed by atoms with Gasteiger partial charge in [-0.05, 0) is 18.6 Å². The first kappa shape index (κ1) is 14.5. The highest BCUT2D eigenvalue weighted by Crippen LogP contribution is 2.26. The van der Waals surface area contributed by atoms with Gasteiger partial charge in [0, 0.05) is 23.2 Å². The molecule has 1 aromatic carbocycles. The molecule has 0 aliphatic heterocycles. The molecule has 1 aromatic heterocycles. The molecule has 0 unspecified atom stereocenters. The van der Waals surface area contributed by atoms with E-state index in [-0.39, 0.29) is 11.8 Å². The van der Waals surface area contributed by atoms with Gasteiger partial charge in [-0.3, -0.25) is 0 Å². The summed E-state index contributed by atoms with van der Waals surface area (Å²) in [5.41, 5.74) is 5.62. The highest BCUT2D eigenvalue weighted by atomic mass is 79.9. The summed E-state index contributed by atoms with van der Waals surface area (Å²) in [5.74, 6) is 0.854. The number of rotatable bonds is 5. The molecule has 0 saturated heterocycles. The van der Waals surface area contributed by atoms with Crippen molar-refractivity contribution in [3.8, 4) is 11.6 Å². The van der Waals surface area contributed by atoms with Crippen LogP contribution in [0.25, 0.3) is 0 Å². The maximum Gasteiger partial charge on any atom is 0.226 e. The lowest BCUT2D eigenvalue weighted by Gasteiger charge is -2.09. The van der Waals surface area contributed by atoms with E-state index in [4.69, 9.17) is 10.5 Å². The Balaban J connectivity index is 2.21. The lowest BCUT2D eigenvalue weighted by molar-refractivity contribution is 0.457. The van der Waals surface area contributed by atoms with Gasteiger partial charge in [-0.15, -0.1) is 0 Å². The van der Waals surface area contributed by atoms with Crippen LogP contribution in [-0.4, -0.2) is 16.5 Å². The summed E-state index contributed by atoms with van der Waals surface area (Å²) < 4.78 is 19.4. The lowest BCUT2D eigenvalue weighted by Crippen LogP contribution is -2.05. The second-order valence-corrected chi connectivity index (χ2v) is 5.00. The van der Waals surface area contributed by atoms with E-state index < -0.39 is 5.82 Å². The summed E-state index contributed by atoms with van der Waals surface area (Å²) in [6.07, 6.45) is 0.955. The SMILES string of the molecule is CCCNc1cc(Oc2cc(F)cc(Br)c2)nc(N)n1. The standard InChI is InChI=1S/C13H14BrFN4O/c1-2-3-17-11-7-12(19-13(16)18-11)20-10-5-8(14)4-9(15)6-10/h4-7H,2-3H2,1H3,(H3,16,17,18,19). The summed E-state index contributed by atoms with van der Waals surface area (Å²) in [7, 11) is 0. The second kappa shape index (κ2) is 6.51. The zero-order valence-corrected chi connectivity index (χ0v) is 12.4. The number of aromatic nitrogens is 2. The van der Waals surface area contributed by atoms with Gasteiger partial charge in [0.05, 0.1) is 0 Å². The molecule has 0 spiro atoms. The third-order valence-corrected chi connectivity index (χ3v) is 2.79. The number of hydrogen-bond acceptors (Lipinski definition) is 5. The molecule has 0 saturated carbocycles. The van der Waals surface area contributed by atoms with Gasteiger partial charge in [-0.1, -0.05) is 22.9 Å². The van der Waals surface area contributed by atoms with Gasteiger partial charge in [-0.25, -0.2) is 4.39 Å². The summed E-state index contributed by atoms with van der Waals surface area (Å²) in [4.78, 5) is 8.00. The topological polar surface area (TPSA) is 73.1 Å². The van der Waals surface area contributed by atoms with E-state index in [2.05, 4.69) is 31.2 Å². The molecule has 0 fully saturated rings. The van der Waals surface area contributed by atoms with Crippen molar-refractivity contribution in [1.29, 1.82) is 0 Å². The number of benzene rings is 1. The van der Waals surface area contributed by atoms with E-state index in [9.17, 15) is 4.39 Å². The molecule has 0 aliphatic rings. The molecule has 106 valence electrons. The summed E-state index contributed by atoms with van der Waals surface area (Å²) in [6.45, 7) is 2.81. The quantitative estimate of drug-likeness (QED) is 0.870. The van der Waals surface area contributed by atoms with Gasteiger partial charge in [0.15, 0.2) is 0 Å². The zero-order chi connectivity index (χ0) is 14.5. The molecule has 3 N–H and O–H groups in total. The normalized spacial score (nSPS) is 10.3. The molecule has 7 heteroatoms. The monoisotopic (exact) mass is 340 g/mol. The largest absolute Gasteiger partial charge is 0.439 e. The van der Waals surface area contributed by atoms with Crippen LogP contribution in [-0.2, 0) is 0 Å². The Morgan fingerprint density at radius 1 is 1.30 bits per heavy atom. The molecule has 5 nitrogen and oxygen atoms in total. The van der Waals surface area contributed by atoms with Gasteiger partial charge in [0.2, 0.25) is 11.8 Å². The molecule has 2 rings (SSSR count). The van der Waals surface area contributed by atoms with Crippen LogP contribution in [0.3, 0.4) is 0 Å². The number of nitrogens with two attached hydrogens (primary N) is 1. The minimum atomic E-state index is -0.402. The number of nitrogen functional groups attached to an aromatic ring is 1. The average Bonchev–Trinajstić information content (AvgIpc) is 2.34. The Hall–Kier alpha value is -1.89. The maximum atomic E-state index is 13.3. The Morgan fingerprint density at radius 3 is 2.80 bits per heavy atom. The van der Waals surface area contributed by atoms with Crippen LogP contribution < -0.4 is 15.8 Å². The second-order valence-electron chi connectivity index (χ2n) is 4.08. The molecule has 1 heterocycles. The summed E-state index contributed by atoms with van der Waals surface area (Å²) in [6, 6.07) is 5.86. The third kappa shape index (κ3) is 4.06. The summed E-state index contributed by atoms with van der Waals surface area (Å²) >= 11 is 3.20. The van der Waals surface area contributed by atoms with Gasteiger partial charge >= 0.3 is 0 Å². The fraction of sp³-hybridized carbons (Fsp3) is 0.231. The van der Waals surface area contributed by atoms with Crippen LogP contribution in [0.4, 0.5) is 16.2 Å². The van der Waals surface area contributed by atoms with Gasteiger partial charge in [0.25, 0.3) is 0 Å². The fourth-order valence-electron chi connectivity index (χ4n) is 1.55. The molecule has 0 radical (unpaired) electrons. The number of nitrogens with zero attached hydrogens (tertiary/aromatic N) is 2. The third-order valence-electron chi connectivity index (χ3n) is 2.33. The van der Waals surface area contributed by atoms with Crippen molar-refractivity contribution in [2.45, 2.75) is 13.3 Å². The predicted octanol–water partition coefficient (Wildman–Crippen LogP) is 3.57. The Morgan fingerprint density at radius 2 is 2.10 bits per heavy atom. The van der Waals surface area contributed by atoms with Crippen LogP contribution in [0.15, 0.2) is 28.7 Å². The van der Waals surface area contributed by atoms with Crippen molar-refractivity contribution < 1.29 is 9.13 Å². The molecule has 0 atom stereocenters. The number of hydrogen-bond donors (Lipinski definition) is 2. The number of ether oxygens (including phenoxy) is 1. The van der Waals surface area contributed by atoms with E-state index in [0.29, 0.717) is 16.0 Å². The van der Waals surface area contributed by atoms with E-state index in [1.54, 1.807) is 12.1 Å². The van der Waals surface area contributed by atoms with Crippen molar-refractivity contribution in [3.63, 3.8) is 0 Å². The van der Waals surface area contributed by atoms with Crippen molar-refractivity contribution in [1.82, 2.24) is 9.97 Å². The predicted molar refractivity (Wildman–Crippen MR) is 79.4 cm³/mol. The lowest BCUT2D eigenvalue weighted by atomic mass is 10.3. The summed E-state index contributed by atoms with van der Waals surface area (Å²) in [5, 5.41) is 3.09. The fourth-order valence-corrected chi connectivity index (χ4v) is 1.99. The van der Waals surface area contributed by atoms with Crippen molar-refractivity contribution in [2.24, 2.45) is 0 Å². The van der Waals surface area contributed by atoms with Gasteiger partial charge < -0.3 is 15.8 Å². The highest BCUT2D eigenvalue weighted by Gasteiger charge is 2.06. The van der Waals surface area contributed by atoms with E-state index >= 15 is 0 Å². The van der Waals surface area contributed by atoms with Crippen LogP contribution >= 0.6 is 15.9 Å². The number of anilines is 2. The smallest absolute Gasteiger partial charge is 0.226 e. The molecule has 20 heavy (non-hydrogen) atoms. The maximum absolute atomic E-state index is 13.3. The Bertz CT molecular complexity index is 589. The first-order valence-corrected chi connectivity index (χ1v) is 6.88. The van der Waals surface area contributed by atoms with Crippen molar-refractivity contribution in [2.75, 3.05) is 17.6 Å². The Kier molecular flexibility index (Phi) is 4.73. The van der Waals surface area contributed by atoms with E-state index in [1.807, 2.05) is 6.92 Å². The van der Waals surface area contributed by atoms with Crippen molar-refractivity contribution >= 4 is 27.7 Å². The highest BCUT2D eigenvalue weighted by molar-refractivity contribution is 9.10. The van der Waals surface area contributed by atoms with Gasteiger partial charge in [0.1, 0.15) is 17.4 Å². The van der Waals surface area contributed by atoms with Crippen LogP contribution in [0.2, 0.25) is 0 Å². The van der Waals surface area contributed by atoms with Crippen molar-refractivity contribution in [3.05, 3.63) is 34.6 Å². The molecular weight excluding hydrogens is 327 g/mol. The average molecular weight is 341 g/mol. The first-order chi connectivity index (χ1) is 9.56. The Labute approximate surface area is 124 Å². The van der Waals surface area contributed by atoms with E-state index in [0.717, 1.165) is 13.0 Å². The first-order valence-electron chi connectivity index (χ1n) is 6.09. The number of halogens is 2. The van der Waals surface area contributed by atoms with Crippen LogP contribution in [0, 0.1) is 5.82 Å². The minimum Gasteiger partial charge on any atom is -0.439 e. The minimum absolute atomic E-state index is 0.0940. The number of nitrogens with one attached hydrogen (secondary N) is 1. The molecule has 0 aliphatic carbocycles. The van der Waals surface area contributed by atoms with E-state index in [1.165, 1.54) is 12.1 Å². The van der Waals surface area contributed by atoms with Crippen LogP contribution in [0.5, 0.6) is 11.6 Å². The van der Waals surface area contributed by atoms with Gasteiger partial charge in [-0.2, -0.15) is 9.97 Å².